The Kier molecular flexibility index (Phi) is 3.48. The summed E-state index contributed by atoms with van der Waals surface area (Å²) in [6.07, 6.45) is 2.65. The molecule has 0 aromatic rings. The van der Waals surface area contributed by atoms with Crippen LogP contribution in [0.1, 0.15) is 6.92 Å². The van der Waals surface area contributed by atoms with Gasteiger partial charge in [0.05, 0.1) is 0 Å². The van der Waals surface area contributed by atoms with E-state index in [-0.39, 0.29) is 6.47 Å². The van der Waals surface area contributed by atoms with Gasteiger partial charge >= 0.3 is 12.4 Å². The van der Waals surface area contributed by atoms with Gasteiger partial charge in [-0.25, -0.2) is 4.79 Å². The van der Waals surface area contributed by atoms with Gasteiger partial charge in [-0.15, -0.1) is 0 Å². The van der Waals surface area contributed by atoms with E-state index < -0.39 is 5.97 Å². The maximum Gasteiger partial charge on any atom is 0.337 e. The van der Waals surface area contributed by atoms with Crippen molar-refractivity contribution in [2.45, 2.75) is 6.92 Å². The summed E-state index contributed by atoms with van der Waals surface area (Å²) in [4.78, 5) is 19.5. The molecule has 0 aliphatic carbocycles. The summed E-state index contributed by atoms with van der Waals surface area (Å²) in [5.74, 6) is -0.637. The van der Waals surface area contributed by atoms with Crippen molar-refractivity contribution in [1.82, 2.24) is 0 Å². The number of carbonyl (C=O) groups is 2. The molecule has 3 nitrogen and oxygen atoms in total. The highest BCUT2D eigenvalue weighted by atomic mass is 16.6. The van der Waals surface area contributed by atoms with Gasteiger partial charge in [-0.05, 0) is 6.92 Å². The van der Waals surface area contributed by atoms with E-state index in [0.717, 1.165) is 6.08 Å². The molecule has 8 heavy (non-hydrogen) atoms. The van der Waals surface area contributed by atoms with Gasteiger partial charge in [-0.1, -0.05) is 6.08 Å². The lowest BCUT2D eigenvalue weighted by Crippen LogP contribution is -1.96. The Morgan fingerprint density at radius 2 is 2.25 bits per heavy atom. The van der Waals surface area contributed by atoms with Gasteiger partial charge in [0.2, 0.25) is 0 Å². The first-order chi connectivity index (χ1) is 3.81. The van der Waals surface area contributed by atoms with E-state index in [4.69, 9.17) is 0 Å². The van der Waals surface area contributed by atoms with Crippen molar-refractivity contribution in [3.8, 4) is 0 Å². The summed E-state index contributed by atoms with van der Waals surface area (Å²) < 4.78 is 3.88. The van der Waals surface area contributed by atoms with Crippen LogP contribution in [0.5, 0.6) is 0 Å². The average molecular weight is 114 g/mol. The minimum Gasteiger partial charge on any atom is -0.392 e. The normalized spacial score (nSPS) is 9.12. The quantitative estimate of drug-likeness (QED) is 0.224. The van der Waals surface area contributed by atoms with Gasteiger partial charge in [0.25, 0.3) is 0 Å². The first kappa shape index (κ1) is 6.88. The molecule has 0 aliphatic rings. The van der Waals surface area contributed by atoms with Crippen molar-refractivity contribution >= 4 is 12.4 Å². The Bertz CT molecular complexity index is 115. The maximum absolute atomic E-state index is 10.1. The molecule has 0 spiro atoms. The zero-order valence-corrected chi connectivity index (χ0v) is 4.46. The van der Waals surface area contributed by atoms with Crippen LogP contribution in [0.25, 0.3) is 0 Å². The Balaban J connectivity index is 3.48. The van der Waals surface area contributed by atoms with Gasteiger partial charge < -0.3 is 4.74 Å². The largest absolute Gasteiger partial charge is 0.392 e. The second kappa shape index (κ2) is 4.05. The zero-order chi connectivity index (χ0) is 6.41. The molecule has 0 bridgehead atoms. The molecule has 44 valence electrons. The van der Waals surface area contributed by atoms with Crippen molar-refractivity contribution in [2.75, 3.05) is 0 Å². The fraction of sp³-hybridized carbons (Fsp3) is 0.200. The highest BCUT2D eigenvalue weighted by molar-refractivity contribution is 5.86. The standard InChI is InChI=1S/C5H6O3/c1-2-3-5(7)8-4-6/h2-4H,1H3/b3-2-. The zero-order valence-electron chi connectivity index (χ0n) is 4.46. The Labute approximate surface area is 46.9 Å². The molecule has 0 N–H and O–H groups in total. The van der Waals surface area contributed by atoms with Crippen LogP contribution in [0.2, 0.25) is 0 Å². The minimum absolute atomic E-state index is 0.0995. The number of allylic oxidation sites excluding steroid dienone is 1. The lowest BCUT2D eigenvalue weighted by molar-refractivity contribution is -0.147. The summed E-state index contributed by atoms with van der Waals surface area (Å²) in [6.45, 7) is 1.76. The molecular formula is C5H6O3. The molecule has 0 unspecified atom stereocenters. The highest BCUT2D eigenvalue weighted by Crippen LogP contribution is 1.74. The third-order valence-electron chi connectivity index (χ3n) is 0.467. The van der Waals surface area contributed by atoms with E-state index in [2.05, 4.69) is 4.74 Å². The van der Waals surface area contributed by atoms with Gasteiger partial charge in [-0.3, -0.25) is 4.79 Å². The minimum atomic E-state index is -0.637. The van der Waals surface area contributed by atoms with Crippen LogP contribution in [0, 0.1) is 0 Å². The summed E-state index contributed by atoms with van der Waals surface area (Å²) in [5.41, 5.74) is 0. The summed E-state index contributed by atoms with van der Waals surface area (Å²) in [5, 5.41) is 0. The molecule has 0 heterocycles. The van der Waals surface area contributed by atoms with Crippen molar-refractivity contribution in [1.29, 1.82) is 0 Å². The molecular weight excluding hydrogens is 108 g/mol. The molecule has 0 aromatic heterocycles. The molecule has 0 atom stereocenters. The molecule has 0 saturated heterocycles. The predicted octanol–water partition coefficient (Wildman–Crippen LogP) is 0.262. The summed E-state index contributed by atoms with van der Waals surface area (Å²) in [7, 11) is 0. The first-order valence-electron chi connectivity index (χ1n) is 2.08. The highest BCUT2D eigenvalue weighted by Gasteiger charge is 1.89. The number of rotatable bonds is 2. The molecule has 0 saturated carbocycles. The lowest BCUT2D eigenvalue weighted by Gasteiger charge is -1.82. The van der Waals surface area contributed by atoms with E-state index in [1.54, 1.807) is 6.92 Å². The third-order valence-corrected chi connectivity index (χ3v) is 0.467. The van der Waals surface area contributed by atoms with Crippen LogP contribution in [0.15, 0.2) is 12.2 Å². The Hall–Kier alpha value is -1.12. The smallest absolute Gasteiger partial charge is 0.337 e. The number of hydrogen-bond acceptors (Lipinski definition) is 3. The molecule has 0 rings (SSSR count). The Morgan fingerprint density at radius 1 is 1.62 bits per heavy atom. The van der Waals surface area contributed by atoms with Crippen molar-refractivity contribution < 1.29 is 14.3 Å². The van der Waals surface area contributed by atoms with Gasteiger partial charge in [-0.2, -0.15) is 0 Å². The van der Waals surface area contributed by atoms with E-state index in [9.17, 15) is 9.59 Å². The first-order valence-corrected chi connectivity index (χ1v) is 2.08. The molecule has 0 amide bonds. The molecule has 0 aromatic carbocycles. The second-order valence-corrected chi connectivity index (χ2v) is 1.03. The number of carbonyl (C=O) groups excluding carboxylic acids is 2. The Morgan fingerprint density at radius 3 is 2.62 bits per heavy atom. The fourth-order valence-electron chi connectivity index (χ4n) is 0.223. The van der Waals surface area contributed by atoms with Gasteiger partial charge in [0.15, 0.2) is 0 Å². The van der Waals surface area contributed by atoms with Crippen LogP contribution in [-0.4, -0.2) is 12.4 Å². The summed E-state index contributed by atoms with van der Waals surface area (Å²) in [6, 6.07) is 0. The molecule has 0 fully saturated rings. The average Bonchev–Trinajstić information content (AvgIpc) is 1.68. The SMILES string of the molecule is C/C=C\C(=O)OC=O. The third kappa shape index (κ3) is 3.08. The molecule has 3 heteroatoms. The summed E-state index contributed by atoms with van der Waals surface area (Å²) >= 11 is 0. The molecule has 0 radical (unpaired) electrons. The maximum atomic E-state index is 10.1. The number of ether oxygens (including phenoxy) is 1. The fourth-order valence-corrected chi connectivity index (χ4v) is 0.223. The van der Waals surface area contributed by atoms with E-state index >= 15 is 0 Å². The van der Waals surface area contributed by atoms with Gasteiger partial charge in [0, 0.05) is 6.08 Å². The van der Waals surface area contributed by atoms with Gasteiger partial charge in [0.1, 0.15) is 0 Å². The van der Waals surface area contributed by atoms with Crippen molar-refractivity contribution in [2.24, 2.45) is 0 Å². The molecule has 0 aliphatic heterocycles. The lowest BCUT2D eigenvalue weighted by atomic mass is 10.5. The monoisotopic (exact) mass is 114 g/mol. The second-order valence-electron chi connectivity index (χ2n) is 1.03. The van der Waals surface area contributed by atoms with E-state index in [0.29, 0.717) is 0 Å². The van der Waals surface area contributed by atoms with Crippen LogP contribution in [-0.2, 0) is 14.3 Å². The van der Waals surface area contributed by atoms with E-state index in [1.807, 2.05) is 0 Å². The van der Waals surface area contributed by atoms with Crippen molar-refractivity contribution in [3.63, 3.8) is 0 Å². The van der Waals surface area contributed by atoms with Crippen LogP contribution in [0.3, 0.4) is 0 Å². The van der Waals surface area contributed by atoms with Crippen LogP contribution >= 0.6 is 0 Å². The predicted molar refractivity (Wildman–Crippen MR) is 27.0 cm³/mol. The van der Waals surface area contributed by atoms with Crippen molar-refractivity contribution in [3.05, 3.63) is 12.2 Å². The topological polar surface area (TPSA) is 43.4 Å². The number of hydrogen-bond donors (Lipinski definition) is 0. The number of esters is 1. The van der Waals surface area contributed by atoms with E-state index in [1.165, 1.54) is 6.08 Å². The van der Waals surface area contributed by atoms with Crippen LogP contribution < -0.4 is 0 Å². The van der Waals surface area contributed by atoms with Crippen LogP contribution in [0.4, 0.5) is 0 Å².